The number of ketones is 1. The Labute approximate surface area is 84.1 Å². The van der Waals surface area contributed by atoms with Crippen LogP contribution in [0.1, 0.15) is 10.4 Å². The van der Waals surface area contributed by atoms with E-state index in [4.69, 9.17) is 16.7 Å². The topological polar surface area (TPSA) is 80.4 Å². The SMILES string of the molecule is O=C(CO)c1ccc(Cl)c([N+](=O)[O-])c1. The van der Waals surface area contributed by atoms with Crippen LogP contribution in [0.5, 0.6) is 0 Å². The van der Waals surface area contributed by atoms with Gasteiger partial charge in [-0.25, -0.2) is 0 Å². The van der Waals surface area contributed by atoms with Crippen LogP contribution in [-0.4, -0.2) is 22.4 Å². The van der Waals surface area contributed by atoms with Crippen molar-refractivity contribution in [3.63, 3.8) is 0 Å². The molecule has 74 valence electrons. The van der Waals surface area contributed by atoms with Crippen LogP contribution in [0.4, 0.5) is 5.69 Å². The summed E-state index contributed by atoms with van der Waals surface area (Å²) in [4.78, 5) is 20.7. The highest BCUT2D eigenvalue weighted by molar-refractivity contribution is 6.32. The number of hydrogen-bond donors (Lipinski definition) is 1. The summed E-state index contributed by atoms with van der Waals surface area (Å²) in [6, 6.07) is 3.62. The lowest BCUT2D eigenvalue weighted by Gasteiger charge is -1.98. The van der Waals surface area contributed by atoms with Crippen molar-refractivity contribution in [3.8, 4) is 0 Å². The number of hydrogen-bond acceptors (Lipinski definition) is 4. The smallest absolute Gasteiger partial charge is 0.288 e. The molecule has 5 nitrogen and oxygen atoms in total. The third-order valence-electron chi connectivity index (χ3n) is 1.61. The monoisotopic (exact) mass is 215 g/mol. The Balaban J connectivity index is 3.19. The highest BCUT2D eigenvalue weighted by Crippen LogP contribution is 2.25. The van der Waals surface area contributed by atoms with Gasteiger partial charge < -0.3 is 5.11 Å². The molecular formula is C8H6ClNO4. The molecule has 0 heterocycles. The second-order valence-electron chi connectivity index (χ2n) is 2.50. The Morgan fingerprint density at radius 2 is 2.21 bits per heavy atom. The second-order valence-corrected chi connectivity index (χ2v) is 2.91. The van der Waals surface area contributed by atoms with E-state index in [1.165, 1.54) is 12.1 Å². The molecule has 0 unspecified atom stereocenters. The van der Waals surface area contributed by atoms with Crippen molar-refractivity contribution in [2.45, 2.75) is 0 Å². The van der Waals surface area contributed by atoms with Crippen molar-refractivity contribution in [1.82, 2.24) is 0 Å². The maximum Gasteiger partial charge on any atom is 0.288 e. The zero-order chi connectivity index (χ0) is 10.7. The summed E-state index contributed by atoms with van der Waals surface area (Å²) >= 11 is 5.52. The molecule has 1 aromatic carbocycles. The van der Waals surface area contributed by atoms with Gasteiger partial charge in [-0.2, -0.15) is 0 Å². The molecule has 1 aromatic rings. The Hall–Kier alpha value is -1.46. The number of aliphatic hydroxyl groups is 1. The summed E-state index contributed by atoms with van der Waals surface area (Å²) in [7, 11) is 0. The maximum absolute atomic E-state index is 11.0. The van der Waals surface area contributed by atoms with Crippen LogP contribution in [0.3, 0.4) is 0 Å². The van der Waals surface area contributed by atoms with Crippen LogP contribution in [-0.2, 0) is 0 Å². The van der Waals surface area contributed by atoms with Crippen molar-refractivity contribution in [2.75, 3.05) is 6.61 Å². The van der Waals surface area contributed by atoms with E-state index in [2.05, 4.69) is 0 Å². The first kappa shape index (κ1) is 10.6. The highest BCUT2D eigenvalue weighted by Gasteiger charge is 2.15. The van der Waals surface area contributed by atoms with Crippen molar-refractivity contribution in [1.29, 1.82) is 0 Å². The first-order valence-corrected chi connectivity index (χ1v) is 4.02. The summed E-state index contributed by atoms with van der Waals surface area (Å²) in [6.07, 6.45) is 0. The van der Waals surface area contributed by atoms with Gasteiger partial charge in [0.05, 0.1) is 4.92 Å². The Kier molecular flexibility index (Phi) is 3.16. The van der Waals surface area contributed by atoms with Crippen LogP contribution in [0.2, 0.25) is 5.02 Å². The highest BCUT2D eigenvalue weighted by atomic mass is 35.5. The van der Waals surface area contributed by atoms with E-state index in [1.54, 1.807) is 0 Å². The van der Waals surface area contributed by atoms with Gasteiger partial charge >= 0.3 is 0 Å². The molecule has 0 aliphatic heterocycles. The van der Waals surface area contributed by atoms with Crippen LogP contribution in [0, 0.1) is 10.1 Å². The molecule has 6 heteroatoms. The molecule has 14 heavy (non-hydrogen) atoms. The average Bonchev–Trinajstić information content (AvgIpc) is 2.17. The summed E-state index contributed by atoms with van der Waals surface area (Å²) in [5.74, 6) is -0.579. The van der Waals surface area contributed by atoms with Gasteiger partial charge in [-0.1, -0.05) is 11.6 Å². The number of carbonyl (C=O) groups is 1. The minimum atomic E-state index is -0.684. The predicted octanol–water partition coefficient (Wildman–Crippen LogP) is 1.42. The van der Waals surface area contributed by atoms with E-state index < -0.39 is 17.3 Å². The summed E-state index contributed by atoms with van der Waals surface area (Å²) in [6.45, 7) is -0.682. The Bertz CT molecular complexity index is 391. The van der Waals surface area contributed by atoms with Crippen LogP contribution >= 0.6 is 11.6 Å². The average molecular weight is 216 g/mol. The van der Waals surface area contributed by atoms with E-state index in [0.717, 1.165) is 6.07 Å². The van der Waals surface area contributed by atoms with Gasteiger partial charge in [0.15, 0.2) is 5.78 Å². The molecule has 0 bridgehead atoms. The molecule has 0 spiro atoms. The van der Waals surface area contributed by atoms with E-state index in [-0.39, 0.29) is 16.3 Å². The third kappa shape index (κ3) is 2.07. The third-order valence-corrected chi connectivity index (χ3v) is 1.93. The van der Waals surface area contributed by atoms with Crippen molar-refractivity contribution in [2.24, 2.45) is 0 Å². The second kappa shape index (κ2) is 4.17. The zero-order valence-corrected chi connectivity index (χ0v) is 7.69. The number of carbonyl (C=O) groups excluding carboxylic acids is 1. The number of halogens is 1. The molecule has 0 radical (unpaired) electrons. The number of aliphatic hydroxyl groups excluding tert-OH is 1. The first-order valence-electron chi connectivity index (χ1n) is 3.64. The summed E-state index contributed by atoms with van der Waals surface area (Å²) < 4.78 is 0. The van der Waals surface area contributed by atoms with E-state index in [9.17, 15) is 14.9 Å². The fourth-order valence-corrected chi connectivity index (χ4v) is 1.10. The number of benzene rings is 1. The molecule has 0 fully saturated rings. The van der Waals surface area contributed by atoms with Gasteiger partial charge in [0.25, 0.3) is 5.69 Å². The predicted molar refractivity (Wildman–Crippen MR) is 49.5 cm³/mol. The normalized spacial score (nSPS) is 9.86. The molecule has 0 saturated heterocycles. The van der Waals surface area contributed by atoms with Gasteiger partial charge in [0, 0.05) is 11.6 Å². The lowest BCUT2D eigenvalue weighted by Crippen LogP contribution is -2.04. The fourth-order valence-electron chi connectivity index (χ4n) is 0.917. The standard InChI is InChI=1S/C8H6ClNO4/c9-6-2-1-5(8(12)4-11)3-7(6)10(13)14/h1-3,11H,4H2. The molecule has 1 rings (SSSR count). The fraction of sp³-hybridized carbons (Fsp3) is 0.125. The number of nitrogens with zero attached hydrogens (tertiary/aromatic N) is 1. The van der Waals surface area contributed by atoms with Crippen LogP contribution < -0.4 is 0 Å². The Morgan fingerprint density at radius 1 is 1.57 bits per heavy atom. The summed E-state index contributed by atoms with van der Waals surface area (Å²) in [5.41, 5.74) is -0.269. The molecule has 1 N–H and O–H groups in total. The number of rotatable bonds is 3. The number of nitro groups is 1. The maximum atomic E-state index is 11.0. The molecule has 0 saturated carbocycles. The van der Waals surface area contributed by atoms with Gasteiger partial charge in [0.1, 0.15) is 11.6 Å². The minimum absolute atomic E-state index is 0.0375. The van der Waals surface area contributed by atoms with Crippen molar-refractivity contribution < 1.29 is 14.8 Å². The minimum Gasteiger partial charge on any atom is -0.388 e. The Morgan fingerprint density at radius 3 is 2.71 bits per heavy atom. The van der Waals surface area contributed by atoms with Crippen LogP contribution in [0.25, 0.3) is 0 Å². The molecule has 0 aromatic heterocycles. The van der Waals surface area contributed by atoms with Gasteiger partial charge in [-0.15, -0.1) is 0 Å². The molecular weight excluding hydrogens is 210 g/mol. The molecule has 0 amide bonds. The zero-order valence-electron chi connectivity index (χ0n) is 6.94. The van der Waals surface area contributed by atoms with Crippen LogP contribution in [0.15, 0.2) is 18.2 Å². The van der Waals surface area contributed by atoms with Gasteiger partial charge in [-0.05, 0) is 12.1 Å². The largest absolute Gasteiger partial charge is 0.388 e. The lowest BCUT2D eigenvalue weighted by molar-refractivity contribution is -0.384. The van der Waals surface area contributed by atoms with Gasteiger partial charge in [-0.3, -0.25) is 14.9 Å². The molecule has 0 atom stereocenters. The summed E-state index contributed by atoms with van der Waals surface area (Å²) in [5, 5.41) is 18.9. The molecule has 0 aliphatic rings. The van der Waals surface area contributed by atoms with Crippen molar-refractivity contribution in [3.05, 3.63) is 38.9 Å². The first-order chi connectivity index (χ1) is 6.56. The van der Waals surface area contributed by atoms with E-state index in [1.807, 2.05) is 0 Å². The number of nitro benzene ring substituents is 1. The van der Waals surface area contributed by atoms with Gasteiger partial charge in [0.2, 0.25) is 0 Å². The number of Topliss-reactive ketones (excluding diaryl/α,β-unsaturated/α-hetero) is 1. The van der Waals surface area contributed by atoms with Crippen molar-refractivity contribution >= 4 is 23.1 Å². The molecule has 0 aliphatic carbocycles. The lowest BCUT2D eigenvalue weighted by atomic mass is 10.1. The van der Waals surface area contributed by atoms with E-state index in [0.29, 0.717) is 0 Å². The quantitative estimate of drug-likeness (QED) is 0.470. The van der Waals surface area contributed by atoms with E-state index >= 15 is 0 Å².